The van der Waals surface area contributed by atoms with Crippen LogP contribution in [0.2, 0.25) is 0 Å². The average Bonchev–Trinajstić information content (AvgIpc) is 2.78. The molecule has 1 heterocycles. The van der Waals surface area contributed by atoms with Crippen molar-refractivity contribution in [2.75, 3.05) is 7.05 Å². The molecule has 6 N–H and O–H groups in total. The van der Waals surface area contributed by atoms with Crippen molar-refractivity contribution in [3.8, 4) is 0 Å². The summed E-state index contributed by atoms with van der Waals surface area (Å²) in [5.41, 5.74) is 18.5. The molecule has 2 aliphatic rings. The van der Waals surface area contributed by atoms with E-state index in [2.05, 4.69) is 6.08 Å². The van der Waals surface area contributed by atoms with Crippen LogP contribution in [-0.2, 0) is 0 Å². The molecule has 0 radical (unpaired) electrons. The molecule has 0 saturated heterocycles. The normalized spacial score (nSPS) is 21.9. The first-order valence-electron chi connectivity index (χ1n) is 13.0. The molecule has 5 nitrogen and oxygen atoms in total. The molecule has 37 heavy (non-hydrogen) atoms. The molecule has 0 aromatic rings. The molecule has 1 aliphatic carbocycles. The highest BCUT2D eigenvalue weighted by atomic mass is 19.3. The molecule has 2 rings (SSSR count). The van der Waals surface area contributed by atoms with Gasteiger partial charge in [-0.15, -0.1) is 0 Å². The van der Waals surface area contributed by atoms with E-state index in [-0.39, 0.29) is 30.4 Å². The van der Waals surface area contributed by atoms with Crippen LogP contribution in [0.3, 0.4) is 0 Å². The van der Waals surface area contributed by atoms with E-state index in [1.165, 1.54) is 0 Å². The van der Waals surface area contributed by atoms with Gasteiger partial charge in [-0.2, -0.15) is 0 Å². The van der Waals surface area contributed by atoms with Crippen molar-refractivity contribution >= 4 is 5.71 Å². The Bertz CT molecular complexity index is 1070. The van der Waals surface area contributed by atoms with Gasteiger partial charge in [0.1, 0.15) is 0 Å². The van der Waals surface area contributed by atoms with Crippen LogP contribution in [-0.4, -0.2) is 34.7 Å². The number of allylic oxidation sites excluding steroid dienone is 9. The van der Waals surface area contributed by atoms with Crippen molar-refractivity contribution < 1.29 is 13.9 Å². The second-order valence-electron chi connectivity index (χ2n) is 10.5. The second-order valence-corrected chi connectivity index (χ2v) is 10.5. The Balaban J connectivity index is 2.42. The Morgan fingerprint density at radius 1 is 1.19 bits per heavy atom. The first-order chi connectivity index (χ1) is 17.3. The van der Waals surface area contributed by atoms with Gasteiger partial charge in [0.2, 0.25) is 5.92 Å². The number of nitrogens with one attached hydrogen (secondary N) is 1. The van der Waals surface area contributed by atoms with E-state index in [1.54, 1.807) is 13.8 Å². The van der Waals surface area contributed by atoms with Crippen molar-refractivity contribution in [3.05, 3.63) is 81.6 Å². The Hall–Kier alpha value is -3.09. The number of likely N-dealkylation sites (N-methyl/N-ethyl adjacent to an activating group) is 1. The zero-order chi connectivity index (χ0) is 27.9. The van der Waals surface area contributed by atoms with Crippen molar-refractivity contribution in [1.82, 2.24) is 4.90 Å². The third-order valence-corrected chi connectivity index (χ3v) is 7.15. The molecular formula is C30H44F2N4O. The van der Waals surface area contributed by atoms with Gasteiger partial charge in [-0.25, -0.2) is 8.78 Å². The molecule has 1 fully saturated rings. The summed E-state index contributed by atoms with van der Waals surface area (Å²) in [5, 5.41) is 18.2. The van der Waals surface area contributed by atoms with Gasteiger partial charge in [-0.3, -0.25) is 0 Å². The standard InChI is InChI=1S/C30H44F2N4O/c1-7-23(11-12-26(34)19(2)3)25(10-8-9-22-13-15-30(31,32)16-14-22)29-27(35)17-24(18-36(29)6)28(20(4)33)21(5)37/h7,10-12,17-18,22,29,33,37H,8-9,13-16,34-35H2,1-6H3/b12-11-,23-7+,25-10-,28-21+,33-20?. The van der Waals surface area contributed by atoms with E-state index < -0.39 is 5.92 Å². The van der Waals surface area contributed by atoms with Gasteiger partial charge >= 0.3 is 0 Å². The number of nitrogens with zero attached hydrogens (tertiary/aromatic N) is 1. The van der Waals surface area contributed by atoms with Gasteiger partial charge < -0.3 is 26.9 Å². The molecule has 204 valence electrons. The van der Waals surface area contributed by atoms with E-state index in [1.807, 2.05) is 63.2 Å². The number of hydrogen-bond donors (Lipinski definition) is 4. The van der Waals surface area contributed by atoms with Crippen LogP contribution < -0.4 is 11.5 Å². The van der Waals surface area contributed by atoms with Crippen LogP contribution in [0.15, 0.2) is 81.6 Å². The van der Waals surface area contributed by atoms with Gasteiger partial charge in [-0.05, 0) is 89.5 Å². The van der Waals surface area contributed by atoms with Gasteiger partial charge in [0, 0.05) is 54.3 Å². The van der Waals surface area contributed by atoms with E-state index in [0.29, 0.717) is 41.3 Å². The van der Waals surface area contributed by atoms with E-state index in [4.69, 9.17) is 16.9 Å². The molecule has 1 unspecified atom stereocenters. The molecule has 1 atom stereocenters. The highest BCUT2D eigenvalue weighted by molar-refractivity contribution is 6.01. The summed E-state index contributed by atoms with van der Waals surface area (Å²) in [6.07, 6.45) is 14.4. The fourth-order valence-corrected chi connectivity index (χ4v) is 5.01. The minimum Gasteiger partial charge on any atom is -0.512 e. The van der Waals surface area contributed by atoms with E-state index in [0.717, 1.165) is 29.6 Å². The van der Waals surface area contributed by atoms with E-state index in [9.17, 15) is 13.9 Å². The fourth-order valence-electron chi connectivity index (χ4n) is 5.01. The van der Waals surface area contributed by atoms with Crippen LogP contribution in [0.1, 0.15) is 73.1 Å². The highest BCUT2D eigenvalue weighted by Gasteiger charge is 2.34. The van der Waals surface area contributed by atoms with Gasteiger partial charge in [0.25, 0.3) is 0 Å². The molecule has 0 bridgehead atoms. The lowest BCUT2D eigenvalue weighted by atomic mass is 9.83. The predicted octanol–water partition coefficient (Wildman–Crippen LogP) is 7.19. The molecule has 1 saturated carbocycles. The Morgan fingerprint density at radius 2 is 1.81 bits per heavy atom. The Morgan fingerprint density at radius 3 is 2.30 bits per heavy atom. The maximum atomic E-state index is 13.6. The number of aliphatic hydroxyl groups excluding tert-OH is 1. The molecule has 0 aromatic heterocycles. The molecular weight excluding hydrogens is 470 g/mol. The number of rotatable bonds is 9. The number of halogens is 2. The van der Waals surface area contributed by atoms with Crippen molar-refractivity contribution in [2.24, 2.45) is 17.4 Å². The summed E-state index contributed by atoms with van der Waals surface area (Å²) in [6.45, 7) is 9.08. The zero-order valence-electron chi connectivity index (χ0n) is 23.2. The smallest absolute Gasteiger partial charge is 0.248 e. The van der Waals surface area contributed by atoms with Crippen molar-refractivity contribution in [2.45, 2.75) is 85.1 Å². The summed E-state index contributed by atoms with van der Waals surface area (Å²) in [7, 11) is 1.92. The SMILES string of the molecule is C/C=C(\C=C/C(N)=C(C)C)C(=C/CCC1CCC(F)(F)CC1)/C1C(N)=CC(/C(C(C)=N)=C(\C)O)=CN1C. The lowest BCUT2D eigenvalue weighted by molar-refractivity contribution is -0.0463. The van der Waals surface area contributed by atoms with Crippen molar-refractivity contribution in [3.63, 3.8) is 0 Å². The van der Waals surface area contributed by atoms with Gasteiger partial charge in [0.15, 0.2) is 0 Å². The first kappa shape index (κ1) is 30.1. The van der Waals surface area contributed by atoms with Crippen LogP contribution in [0, 0.1) is 11.3 Å². The molecule has 0 spiro atoms. The van der Waals surface area contributed by atoms with Crippen LogP contribution >= 0.6 is 0 Å². The topological polar surface area (TPSA) is 99.4 Å². The summed E-state index contributed by atoms with van der Waals surface area (Å²) in [4.78, 5) is 1.99. The highest BCUT2D eigenvalue weighted by Crippen LogP contribution is 2.38. The van der Waals surface area contributed by atoms with Crippen LogP contribution in [0.25, 0.3) is 0 Å². The minimum atomic E-state index is -2.52. The summed E-state index contributed by atoms with van der Waals surface area (Å²) in [5.74, 6) is -2.16. The first-order valence-corrected chi connectivity index (χ1v) is 13.0. The zero-order valence-corrected chi connectivity index (χ0v) is 23.2. The molecule has 7 heteroatoms. The minimum absolute atomic E-state index is 0.0275. The average molecular weight is 515 g/mol. The number of alkyl halides is 2. The lowest BCUT2D eigenvalue weighted by Gasteiger charge is -2.35. The Labute approximate surface area is 221 Å². The largest absolute Gasteiger partial charge is 0.512 e. The number of nitrogens with two attached hydrogens (primary N) is 2. The number of aliphatic hydroxyl groups is 1. The number of hydrogen-bond acceptors (Lipinski definition) is 5. The lowest BCUT2D eigenvalue weighted by Crippen LogP contribution is -2.37. The maximum Gasteiger partial charge on any atom is 0.248 e. The monoisotopic (exact) mass is 514 g/mol. The maximum absolute atomic E-state index is 13.6. The molecule has 0 aromatic carbocycles. The third-order valence-electron chi connectivity index (χ3n) is 7.15. The summed E-state index contributed by atoms with van der Waals surface area (Å²) in [6, 6.07) is -0.269. The van der Waals surface area contributed by atoms with Crippen LogP contribution in [0.4, 0.5) is 8.78 Å². The van der Waals surface area contributed by atoms with Gasteiger partial charge in [-0.1, -0.05) is 23.8 Å². The molecule has 0 amide bonds. The van der Waals surface area contributed by atoms with Gasteiger partial charge in [0.05, 0.1) is 11.8 Å². The van der Waals surface area contributed by atoms with Crippen LogP contribution in [0.5, 0.6) is 0 Å². The quantitative estimate of drug-likeness (QED) is 0.149. The molecule has 1 aliphatic heterocycles. The fraction of sp³-hybridized carbons (Fsp3) is 0.500. The predicted molar refractivity (Wildman–Crippen MR) is 150 cm³/mol. The third kappa shape index (κ3) is 8.20. The second kappa shape index (κ2) is 12.9. The Kier molecular flexibility index (Phi) is 10.5. The van der Waals surface area contributed by atoms with E-state index >= 15 is 0 Å². The summed E-state index contributed by atoms with van der Waals surface area (Å²) < 4.78 is 27.2. The summed E-state index contributed by atoms with van der Waals surface area (Å²) >= 11 is 0. The van der Waals surface area contributed by atoms with Crippen molar-refractivity contribution in [1.29, 1.82) is 5.41 Å².